The molecule has 0 aliphatic heterocycles. The van der Waals surface area contributed by atoms with Crippen LogP contribution in [0.5, 0.6) is 0 Å². The molecule has 1 aromatic carbocycles. The van der Waals surface area contributed by atoms with Gasteiger partial charge < -0.3 is 9.26 Å². The van der Waals surface area contributed by atoms with Gasteiger partial charge >= 0.3 is 11.9 Å². The molecule has 1 heterocycles. The van der Waals surface area contributed by atoms with Gasteiger partial charge in [-0.2, -0.15) is 4.98 Å². The van der Waals surface area contributed by atoms with E-state index in [9.17, 15) is 14.9 Å². The highest BCUT2D eigenvalue weighted by atomic mass is 16.6. The molecule has 0 spiro atoms. The molecule has 104 valence electrons. The van der Waals surface area contributed by atoms with Gasteiger partial charge in [0.05, 0.1) is 11.5 Å². The lowest BCUT2D eigenvalue weighted by molar-refractivity contribution is -0.384. The molecule has 0 atom stereocenters. The Labute approximate surface area is 113 Å². The molecular formula is C12H11N3O5. The lowest BCUT2D eigenvalue weighted by Gasteiger charge is -1.96. The largest absolute Gasteiger partial charge is 0.459 e. The summed E-state index contributed by atoms with van der Waals surface area (Å²) in [5, 5.41) is 14.2. The fraction of sp³-hybridized carbons (Fsp3) is 0.250. The van der Waals surface area contributed by atoms with Crippen LogP contribution in [-0.4, -0.2) is 27.6 Å². The molecule has 0 saturated carbocycles. The summed E-state index contributed by atoms with van der Waals surface area (Å²) in [6.07, 6.45) is 0.306. The predicted molar refractivity (Wildman–Crippen MR) is 66.2 cm³/mol. The van der Waals surface area contributed by atoms with Crippen LogP contribution in [0.3, 0.4) is 0 Å². The van der Waals surface area contributed by atoms with Crippen molar-refractivity contribution in [3.63, 3.8) is 0 Å². The first kappa shape index (κ1) is 13.7. The van der Waals surface area contributed by atoms with Gasteiger partial charge in [-0.25, -0.2) is 4.79 Å². The Bertz CT molecular complexity index is 620. The highest BCUT2D eigenvalue weighted by molar-refractivity contribution is 5.83. The number of esters is 1. The van der Waals surface area contributed by atoms with Crippen molar-refractivity contribution in [2.45, 2.75) is 13.3 Å². The molecule has 0 aliphatic rings. The number of nitro groups is 1. The Morgan fingerprint density at radius 1 is 1.40 bits per heavy atom. The monoisotopic (exact) mass is 277 g/mol. The van der Waals surface area contributed by atoms with Crippen molar-refractivity contribution in [1.82, 2.24) is 10.1 Å². The zero-order valence-electron chi connectivity index (χ0n) is 10.6. The Morgan fingerprint density at radius 3 is 2.70 bits per heavy atom. The van der Waals surface area contributed by atoms with Gasteiger partial charge in [-0.3, -0.25) is 10.1 Å². The van der Waals surface area contributed by atoms with Gasteiger partial charge in [0.1, 0.15) is 0 Å². The first-order valence-electron chi connectivity index (χ1n) is 5.83. The molecule has 0 saturated heterocycles. The summed E-state index contributed by atoms with van der Waals surface area (Å²) in [4.78, 5) is 25.3. The molecule has 20 heavy (non-hydrogen) atoms. The van der Waals surface area contributed by atoms with E-state index in [1.165, 1.54) is 12.1 Å². The topological polar surface area (TPSA) is 108 Å². The first-order valence-corrected chi connectivity index (χ1v) is 5.83. The molecule has 0 amide bonds. The molecule has 2 rings (SSSR count). The first-order chi connectivity index (χ1) is 9.60. The van der Waals surface area contributed by atoms with Crippen LogP contribution in [0.1, 0.15) is 29.0 Å². The molecule has 0 unspecified atom stereocenters. The molecule has 8 heteroatoms. The number of hydrogen-bond donors (Lipinski definition) is 0. The van der Waals surface area contributed by atoms with Gasteiger partial charge in [0, 0.05) is 18.6 Å². The Hall–Kier alpha value is -2.77. The maximum Gasteiger partial charge on any atom is 0.397 e. The van der Waals surface area contributed by atoms with Crippen LogP contribution in [0.4, 0.5) is 5.69 Å². The molecule has 8 nitrogen and oxygen atoms in total. The van der Waals surface area contributed by atoms with Gasteiger partial charge in [-0.15, -0.1) is 0 Å². The van der Waals surface area contributed by atoms with Crippen LogP contribution >= 0.6 is 0 Å². The number of carbonyl (C=O) groups is 1. The van der Waals surface area contributed by atoms with Crippen molar-refractivity contribution in [1.29, 1.82) is 0 Å². The Kier molecular flexibility index (Phi) is 4.04. The van der Waals surface area contributed by atoms with Gasteiger partial charge in [-0.05, 0) is 12.5 Å². The van der Waals surface area contributed by atoms with E-state index in [4.69, 9.17) is 9.26 Å². The number of aromatic nitrogens is 2. The van der Waals surface area contributed by atoms with Crippen LogP contribution in [0.25, 0.3) is 0 Å². The molecule has 0 aliphatic carbocycles. The van der Waals surface area contributed by atoms with Crippen molar-refractivity contribution in [3.8, 4) is 0 Å². The van der Waals surface area contributed by atoms with Crippen LogP contribution in [0.2, 0.25) is 0 Å². The summed E-state index contributed by atoms with van der Waals surface area (Å²) in [6.45, 7) is 1.89. The molecule has 2 aromatic rings. The van der Waals surface area contributed by atoms with E-state index in [1.54, 1.807) is 19.1 Å². The van der Waals surface area contributed by atoms with Crippen molar-refractivity contribution in [3.05, 3.63) is 51.7 Å². The number of rotatable bonds is 5. The third-order valence-corrected chi connectivity index (χ3v) is 2.43. The number of non-ortho nitro benzene ring substituents is 1. The van der Waals surface area contributed by atoms with E-state index < -0.39 is 10.9 Å². The van der Waals surface area contributed by atoms with Crippen molar-refractivity contribution in [2.75, 3.05) is 6.61 Å². The standard InChI is InChI=1S/C12H11N3O5/c1-2-19-12(16)11-13-10(14-20-11)7-8-3-5-9(6-4-8)15(17)18/h3-6H,2,7H2,1H3. The smallest absolute Gasteiger partial charge is 0.397 e. The summed E-state index contributed by atoms with van der Waals surface area (Å²) in [6, 6.07) is 5.97. The normalized spacial score (nSPS) is 10.2. The maximum atomic E-state index is 11.3. The second kappa shape index (κ2) is 5.91. The van der Waals surface area contributed by atoms with Gasteiger partial charge in [0.15, 0.2) is 5.82 Å². The van der Waals surface area contributed by atoms with E-state index in [2.05, 4.69) is 10.1 Å². The fourth-order valence-electron chi connectivity index (χ4n) is 1.52. The van der Waals surface area contributed by atoms with Gasteiger partial charge in [0.2, 0.25) is 0 Å². The number of carbonyl (C=O) groups excluding carboxylic acids is 1. The predicted octanol–water partition coefficient (Wildman–Crippen LogP) is 1.75. The Morgan fingerprint density at radius 2 is 2.10 bits per heavy atom. The second-order valence-corrected chi connectivity index (χ2v) is 3.84. The minimum absolute atomic E-state index is 0.00840. The van der Waals surface area contributed by atoms with Gasteiger partial charge in [-0.1, -0.05) is 17.3 Å². The second-order valence-electron chi connectivity index (χ2n) is 3.84. The Balaban J connectivity index is 2.06. The van der Waals surface area contributed by atoms with E-state index in [0.717, 1.165) is 5.56 Å². The lowest BCUT2D eigenvalue weighted by atomic mass is 10.1. The highest BCUT2D eigenvalue weighted by Gasteiger charge is 2.16. The zero-order chi connectivity index (χ0) is 14.5. The molecule has 0 bridgehead atoms. The molecular weight excluding hydrogens is 266 g/mol. The third kappa shape index (κ3) is 3.16. The molecule has 1 aromatic heterocycles. The average Bonchev–Trinajstić information content (AvgIpc) is 2.88. The third-order valence-electron chi connectivity index (χ3n) is 2.43. The van der Waals surface area contributed by atoms with E-state index in [1.807, 2.05) is 0 Å². The summed E-state index contributed by atoms with van der Waals surface area (Å²) in [5.74, 6) is -0.569. The molecule has 0 N–H and O–H groups in total. The molecule has 0 radical (unpaired) electrons. The average molecular weight is 277 g/mol. The maximum absolute atomic E-state index is 11.3. The summed E-state index contributed by atoms with van der Waals surface area (Å²) in [5.41, 5.74) is 0.779. The quantitative estimate of drug-likeness (QED) is 0.465. The fourth-order valence-corrected chi connectivity index (χ4v) is 1.52. The van der Waals surface area contributed by atoms with Crippen LogP contribution in [0.15, 0.2) is 28.8 Å². The van der Waals surface area contributed by atoms with Crippen molar-refractivity contribution < 1.29 is 19.0 Å². The summed E-state index contributed by atoms with van der Waals surface area (Å²) >= 11 is 0. The van der Waals surface area contributed by atoms with Crippen LogP contribution < -0.4 is 0 Å². The zero-order valence-corrected chi connectivity index (χ0v) is 10.6. The van der Waals surface area contributed by atoms with E-state index in [-0.39, 0.29) is 18.2 Å². The molecule has 0 fully saturated rings. The number of nitro benzene ring substituents is 1. The number of ether oxygens (including phenoxy) is 1. The minimum Gasteiger partial charge on any atom is -0.459 e. The van der Waals surface area contributed by atoms with Crippen LogP contribution in [0, 0.1) is 10.1 Å². The SMILES string of the molecule is CCOC(=O)c1nc(Cc2ccc([N+](=O)[O-])cc2)no1. The summed E-state index contributed by atoms with van der Waals surface area (Å²) < 4.78 is 9.49. The highest BCUT2D eigenvalue weighted by Crippen LogP contribution is 2.14. The lowest BCUT2D eigenvalue weighted by Crippen LogP contribution is -2.05. The van der Waals surface area contributed by atoms with E-state index in [0.29, 0.717) is 12.2 Å². The summed E-state index contributed by atoms with van der Waals surface area (Å²) in [7, 11) is 0. The van der Waals surface area contributed by atoms with Crippen molar-refractivity contribution >= 4 is 11.7 Å². The number of nitrogens with zero attached hydrogens (tertiary/aromatic N) is 3. The number of hydrogen-bond acceptors (Lipinski definition) is 7. The number of benzene rings is 1. The van der Waals surface area contributed by atoms with Crippen molar-refractivity contribution in [2.24, 2.45) is 0 Å². The minimum atomic E-state index is -0.671. The van der Waals surface area contributed by atoms with E-state index >= 15 is 0 Å². The van der Waals surface area contributed by atoms with Crippen LogP contribution in [-0.2, 0) is 11.2 Å². The van der Waals surface area contributed by atoms with Gasteiger partial charge in [0.25, 0.3) is 5.69 Å².